The van der Waals surface area contributed by atoms with Crippen LogP contribution in [-0.4, -0.2) is 29.1 Å². The Morgan fingerprint density at radius 2 is 2.05 bits per heavy atom. The summed E-state index contributed by atoms with van der Waals surface area (Å²) in [6, 6.07) is 7.00. The Bertz CT molecular complexity index is 593. The molecule has 5 rings (SSSR count). The molecule has 0 radical (unpaired) electrons. The Hall–Kier alpha value is -1.02. The van der Waals surface area contributed by atoms with Gasteiger partial charge < -0.3 is 5.11 Å². The van der Waals surface area contributed by atoms with Gasteiger partial charge in [0.05, 0.1) is 0 Å². The molecule has 118 valence electrons. The lowest BCUT2D eigenvalue weighted by molar-refractivity contribution is -0.0134. The van der Waals surface area contributed by atoms with Gasteiger partial charge in [0.1, 0.15) is 5.75 Å². The molecule has 2 bridgehead atoms. The summed E-state index contributed by atoms with van der Waals surface area (Å²) in [6.45, 7) is 2.64. The van der Waals surface area contributed by atoms with E-state index in [0.29, 0.717) is 11.2 Å². The van der Waals surface area contributed by atoms with E-state index in [4.69, 9.17) is 0 Å². The standard InChI is InChI=1S/C20H27NO/c22-16-7-6-15-11-19-17-3-1-2-8-20(17,18(15)12-16)9-10-21(19)13-14-4-5-14/h6-7,12,14,17,19,22H,1-5,8-11,13H2/t17?,19?,20-/m1/s1. The van der Waals surface area contributed by atoms with E-state index in [9.17, 15) is 5.11 Å². The van der Waals surface area contributed by atoms with E-state index in [2.05, 4.69) is 17.0 Å². The van der Waals surface area contributed by atoms with E-state index in [-0.39, 0.29) is 0 Å². The first-order valence-electron chi connectivity index (χ1n) is 9.33. The van der Waals surface area contributed by atoms with Gasteiger partial charge >= 0.3 is 0 Å². The third-order valence-corrected chi connectivity index (χ3v) is 7.12. The minimum atomic E-state index is 0.384. The topological polar surface area (TPSA) is 23.5 Å². The van der Waals surface area contributed by atoms with Crippen LogP contribution in [0.4, 0.5) is 0 Å². The van der Waals surface area contributed by atoms with Gasteiger partial charge in [-0.05, 0) is 80.2 Å². The van der Waals surface area contributed by atoms with Crippen LogP contribution in [0.15, 0.2) is 18.2 Å². The zero-order chi connectivity index (χ0) is 14.7. The van der Waals surface area contributed by atoms with Crippen molar-refractivity contribution < 1.29 is 5.11 Å². The average Bonchev–Trinajstić information content (AvgIpc) is 3.35. The Morgan fingerprint density at radius 3 is 2.91 bits per heavy atom. The summed E-state index contributed by atoms with van der Waals surface area (Å²) in [5, 5.41) is 10.0. The molecule has 0 aromatic heterocycles. The Balaban J connectivity index is 1.58. The van der Waals surface area contributed by atoms with Crippen molar-refractivity contribution >= 4 is 0 Å². The highest BCUT2D eigenvalue weighted by atomic mass is 16.3. The van der Waals surface area contributed by atoms with Crippen molar-refractivity contribution in [3.63, 3.8) is 0 Å². The average molecular weight is 297 g/mol. The Morgan fingerprint density at radius 1 is 1.14 bits per heavy atom. The second-order valence-electron chi connectivity index (χ2n) is 8.31. The molecule has 1 aromatic rings. The lowest BCUT2D eigenvalue weighted by Gasteiger charge is -2.59. The molecular formula is C20H27NO. The zero-order valence-electron chi connectivity index (χ0n) is 13.4. The molecule has 2 saturated carbocycles. The molecule has 1 heterocycles. The number of likely N-dealkylation sites (tertiary alicyclic amines) is 1. The molecule has 3 atom stereocenters. The van der Waals surface area contributed by atoms with Crippen LogP contribution in [0, 0.1) is 11.8 Å². The van der Waals surface area contributed by atoms with Gasteiger partial charge in [0, 0.05) is 18.0 Å². The Kier molecular flexibility index (Phi) is 2.89. The minimum absolute atomic E-state index is 0.384. The summed E-state index contributed by atoms with van der Waals surface area (Å²) >= 11 is 0. The molecule has 3 aliphatic carbocycles. The van der Waals surface area contributed by atoms with Gasteiger partial charge in [-0.15, -0.1) is 0 Å². The van der Waals surface area contributed by atoms with Gasteiger partial charge in [0.2, 0.25) is 0 Å². The van der Waals surface area contributed by atoms with E-state index in [1.54, 1.807) is 0 Å². The number of rotatable bonds is 2. The largest absolute Gasteiger partial charge is 0.508 e. The highest BCUT2D eigenvalue weighted by Crippen LogP contribution is 2.56. The summed E-state index contributed by atoms with van der Waals surface area (Å²) < 4.78 is 0. The van der Waals surface area contributed by atoms with Gasteiger partial charge in [-0.25, -0.2) is 0 Å². The van der Waals surface area contributed by atoms with Crippen molar-refractivity contribution in [2.45, 2.75) is 62.8 Å². The SMILES string of the molecule is Oc1ccc2c(c1)[C@@]13CCCCC1C(C2)N(CC1CC1)CC3. The molecule has 3 fully saturated rings. The number of nitrogens with zero attached hydrogens (tertiary/aromatic N) is 1. The minimum Gasteiger partial charge on any atom is -0.508 e. The first-order chi connectivity index (χ1) is 10.8. The van der Waals surface area contributed by atoms with Gasteiger partial charge in [-0.2, -0.15) is 0 Å². The van der Waals surface area contributed by atoms with Crippen LogP contribution in [-0.2, 0) is 11.8 Å². The molecule has 1 aliphatic heterocycles. The molecule has 1 aromatic carbocycles. The Labute approximate surface area is 133 Å². The fourth-order valence-electron chi connectivity index (χ4n) is 5.93. The number of hydrogen-bond acceptors (Lipinski definition) is 2. The van der Waals surface area contributed by atoms with Crippen LogP contribution in [0.25, 0.3) is 0 Å². The smallest absolute Gasteiger partial charge is 0.115 e. The van der Waals surface area contributed by atoms with E-state index in [1.807, 2.05) is 6.07 Å². The third-order valence-electron chi connectivity index (χ3n) is 7.12. The van der Waals surface area contributed by atoms with Crippen LogP contribution >= 0.6 is 0 Å². The number of hydrogen-bond donors (Lipinski definition) is 1. The van der Waals surface area contributed by atoms with Crippen molar-refractivity contribution in [3.8, 4) is 5.75 Å². The van der Waals surface area contributed by atoms with Crippen molar-refractivity contribution in [2.24, 2.45) is 11.8 Å². The predicted molar refractivity (Wildman–Crippen MR) is 88.1 cm³/mol. The van der Waals surface area contributed by atoms with Crippen LogP contribution in [0.1, 0.15) is 56.1 Å². The van der Waals surface area contributed by atoms with Crippen molar-refractivity contribution in [1.29, 1.82) is 0 Å². The molecule has 2 nitrogen and oxygen atoms in total. The quantitative estimate of drug-likeness (QED) is 0.896. The summed E-state index contributed by atoms with van der Waals surface area (Å²) in [7, 11) is 0. The predicted octanol–water partition coefficient (Wildman–Crippen LogP) is 3.86. The molecule has 2 heteroatoms. The maximum Gasteiger partial charge on any atom is 0.115 e. The molecule has 22 heavy (non-hydrogen) atoms. The van der Waals surface area contributed by atoms with Crippen LogP contribution < -0.4 is 0 Å². The lowest BCUT2D eigenvalue weighted by Crippen LogP contribution is -2.61. The highest BCUT2D eigenvalue weighted by Gasteiger charge is 2.54. The van der Waals surface area contributed by atoms with Gasteiger partial charge in [0.15, 0.2) is 0 Å². The second kappa shape index (κ2) is 4.74. The molecule has 2 unspecified atom stereocenters. The molecule has 0 spiro atoms. The van der Waals surface area contributed by atoms with E-state index < -0.39 is 0 Å². The monoisotopic (exact) mass is 297 g/mol. The molecule has 1 saturated heterocycles. The lowest BCUT2D eigenvalue weighted by atomic mass is 9.52. The van der Waals surface area contributed by atoms with Crippen molar-refractivity contribution in [2.75, 3.05) is 13.1 Å². The summed E-state index contributed by atoms with van der Waals surface area (Å²) in [4.78, 5) is 2.85. The number of phenols is 1. The van der Waals surface area contributed by atoms with Gasteiger partial charge in [-0.1, -0.05) is 18.9 Å². The number of fused-ring (bicyclic) bond motifs is 1. The molecule has 0 amide bonds. The van der Waals surface area contributed by atoms with Crippen molar-refractivity contribution in [3.05, 3.63) is 29.3 Å². The van der Waals surface area contributed by atoms with Gasteiger partial charge in [-0.3, -0.25) is 4.90 Å². The van der Waals surface area contributed by atoms with Crippen LogP contribution in [0.3, 0.4) is 0 Å². The van der Waals surface area contributed by atoms with Crippen LogP contribution in [0.2, 0.25) is 0 Å². The van der Waals surface area contributed by atoms with Crippen molar-refractivity contribution in [1.82, 2.24) is 4.90 Å². The van der Waals surface area contributed by atoms with E-state index in [1.165, 1.54) is 75.6 Å². The summed E-state index contributed by atoms with van der Waals surface area (Å²) in [6.07, 6.45) is 11.0. The van der Waals surface area contributed by atoms with Gasteiger partial charge in [0.25, 0.3) is 0 Å². The normalized spacial score (nSPS) is 37.5. The first-order valence-corrected chi connectivity index (χ1v) is 9.33. The van der Waals surface area contributed by atoms with E-state index >= 15 is 0 Å². The first kappa shape index (κ1) is 13.4. The molecule has 4 aliphatic rings. The number of piperidine rings is 1. The van der Waals surface area contributed by atoms with Crippen LogP contribution in [0.5, 0.6) is 5.75 Å². The molecular weight excluding hydrogens is 270 g/mol. The summed E-state index contributed by atoms with van der Waals surface area (Å²) in [5.74, 6) is 2.30. The fraction of sp³-hybridized carbons (Fsp3) is 0.700. The third kappa shape index (κ3) is 1.89. The number of phenolic OH excluding ortho intramolecular Hbond substituents is 1. The number of benzene rings is 1. The fourth-order valence-corrected chi connectivity index (χ4v) is 5.93. The number of aromatic hydroxyl groups is 1. The maximum atomic E-state index is 10.0. The van der Waals surface area contributed by atoms with E-state index in [0.717, 1.165) is 17.9 Å². The second-order valence-corrected chi connectivity index (χ2v) is 8.31. The highest BCUT2D eigenvalue weighted by molar-refractivity contribution is 5.45. The maximum absolute atomic E-state index is 10.0. The zero-order valence-corrected chi connectivity index (χ0v) is 13.4. The molecule has 1 N–H and O–H groups in total. The summed E-state index contributed by atoms with van der Waals surface area (Å²) in [5.41, 5.74) is 3.43.